The Labute approximate surface area is 478 Å². The van der Waals surface area contributed by atoms with Crippen LogP contribution in [-0.2, 0) is 51.0 Å². The number of carbonyl (C=O) groups is 3. The van der Waals surface area contributed by atoms with Gasteiger partial charge in [-0.25, -0.2) is 15.4 Å². The van der Waals surface area contributed by atoms with Gasteiger partial charge in [0.25, 0.3) is 5.91 Å². The normalized spacial score (nSPS) is 30.1. The molecular formula is C61H80N10O9S. The standard InChI is InChI=1S/C61H80N10O9S/c1-35-49(46-31-77-34-63-46)50(35)56(72)65-53-55(69-17-21-76-22-18-69)57-64-47(32-81-57)37-8-11-48-43(26-37)45(29-60(3,4)33-79-59(74)52-38-24-40(25-38)71(66-52)58(53)73)54(70(48)19-23-78-42-12-20-80-61(5,6)28-42)44-27-41(30-62-51(44)36(2)75-7)68-15-13-67(14-16-68)39-9-10-39/h8,11,26-27,30-32,34-36,38-40,42,49-50,52-53,55,66H,9-10,12-25,28-29,33H2,1-7H3,(H,65,72)/t35-,36-,38?,40?,42-,49-,50+,52-,53-,55-/m0/s1. The molecule has 5 saturated heterocycles. The SMILES string of the molecule is CO[C@@H](C)c1ncc(N2CCN(C3CC3)CC2)cc1-c1c2c3cc(ccc3n1CCO[C@H]1CCOC(C)(C)C1)-c1csc(n1)[C@@H](N1CCOCC1)[C@H](NC(=O)[C@@H]1[C@@H](C)[C@H]1c1cocn1)C(=O)N1N[C@H](C(=O)OCC(C)(C)C2)C2CC1C2. The summed E-state index contributed by atoms with van der Waals surface area (Å²) in [5, 5.41) is 8.80. The molecule has 5 aromatic rings. The van der Waals surface area contributed by atoms with Crippen molar-refractivity contribution in [3.05, 3.63) is 70.5 Å². The number of fused-ring (bicyclic) bond motifs is 4. The van der Waals surface area contributed by atoms with Crippen molar-refractivity contribution in [2.45, 2.75) is 147 Å². The van der Waals surface area contributed by atoms with E-state index in [0.29, 0.717) is 76.4 Å². The van der Waals surface area contributed by atoms with Crippen LogP contribution in [-0.4, -0.2) is 167 Å². The number of esters is 1. The van der Waals surface area contributed by atoms with Crippen molar-refractivity contribution in [2.75, 3.05) is 84.3 Å². The molecular weight excluding hydrogens is 1050 g/mol. The number of hydrazine groups is 1. The van der Waals surface area contributed by atoms with Gasteiger partial charge in [-0.2, -0.15) is 0 Å². The molecule has 0 spiro atoms. The third kappa shape index (κ3) is 10.8. The van der Waals surface area contributed by atoms with Crippen LogP contribution in [0.5, 0.6) is 0 Å². The zero-order chi connectivity index (χ0) is 55.9. The number of hydrogen-bond donors (Lipinski definition) is 2. The van der Waals surface area contributed by atoms with Gasteiger partial charge in [0, 0.05) is 123 Å². The molecule has 434 valence electrons. The first-order valence-corrected chi connectivity index (χ1v) is 30.6. The third-order valence-electron chi connectivity index (χ3n) is 19.0. The molecule has 8 fully saturated rings. The lowest BCUT2D eigenvalue weighted by atomic mass is 9.73. The highest BCUT2D eigenvalue weighted by Crippen LogP contribution is 2.54. The summed E-state index contributed by atoms with van der Waals surface area (Å²) < 4.78 is 39.3. The molecule has 14 rings (SSSR count). The zero-order valence-corrected chi connectivity index (χ0v) is 48.9. The first-order chi connectivity index (χ1) is 39.1. The number of hydrogen-bond acceptors (Lipinski definition) is 17. The zero-order valence-electron chi connectivity index (χ0n) is 48.1. The maximum absolute atomic E-state index is 15.6. The van der Waals surface area contributed by atoms with Gasteiger partial charge in [-0.15, -0.1) is 11.3 Å². The van der Waals surface area contributed by atoms with Crippen molar-refractivity contribution in [3.63, 3.8) is 0 Å². The number of ether oxygens (including phenoxy) is 5. The monoisotopic (exact) mass is 1130 g/mol. The quantitative estimate of drug-likeness (QED) is 0.112. The smallest absolute Gasteiger partial charge is 0.325 e. The van der Waals surface area contributed by atoms with E-state index in [0.717, 1.165) is 95.1 Å². The van der Waals surface area contributed by atoms with E-state index in [-0.39, 0.29) is 60.0 Å². The van der Waals surface area contributed by atoms with Gasteiger partial charge in [-0.05, 0) is 94.9 Å². The van der Waals surface area contributed by atoms with Gasteiger partial charge in [0.1, 0.15) is 23.4 Å². The minimum atomic E-state index is -1.06. The number of morpholine rings is 1. The summed E-state index contributed by atoms with van der Waals surface area (Å²) in [6, 6.07) is 7.08. The molecule has 10 heterocycles. The lowest BCUT2D eigenvalue weighted by Gasteiger charge is -2.53. The molecule has 81 heavy (non-hydrogen) atoms. The molecule has 4 aromatic heterocycles. The number of methoxy groups -OCH3 is 1. The molecule has 0 unspecified atom stereocenters. The fraction of sp³-hybridized carbons (Fsp3) is 0.639. The van der Waals surface area contributed by atoms with E-state index < -0.39 is 35.4 Å². The van der Waals surface area contributed by atoms with E-state index in [9.17, 15) is 9.59 Å². The molecule has 6 aliphatic heterocycles. The molecule has 9 aliphatic rings. The Balaban J connectivity index is 0.949. The number of pyridine rings is 1. The summed E-state index contributed by atoms with van der Waals surface area (Å²) in [6.07, 6.45) is 10.8. The molecule has 19 nitrogen and oxygen atoms in total. The van der Waals surface area contributed by atoms with Crippen LogP contribution in [0.3, 0.4) is 0 Å². The minimum absolute atomic E-state index is 0.00419. The van der Waals surface area contributed by atoms with E-state index in [2.05, 4.69) is 99.3 Å². The second-order valence-electron chi connectivity index (χ2n) is 25.7. The van der Waals surface area contributed by atoms with Crippen LogP contribution in [0.15, 0.2) is 52.9 Å². The molecule has 8 atom stereocenters. The summed E-state index contributed by atoms with van der Waals surface area (Å²) in [5.74, 6) is -1.49. The number of oxazole rings is 1. The van der Waals surface area contributed by atoms with E-state index in [1.54, 1.807) is 18.4 Å². The molecule has 3 aliphatic carbocycles. The van der Waals surface area contributed by atoms with Gasteiger partial charge < -0.3 is 42.9 Å². The van der Waals surface area contributed by atoms with Crippen LogP contribution >= 0.6 is 11.3 Å². The number of nitrogens with zero attached hydrogens (tertiary/aromatic N) is 8. The predicted molar refractivity (Wildman–Crippen MR) is 305 cm³/mol. The number of rotatable bonds is 13. The number of nitrogens with one attached hydrogen (secondary N) is 2. The minimum Gasteiger partial charge on any atom is -0.464 e. The van der Waals surface area contributed by atoms with Crippen molar-refractivity contribution in [1.82, 2.24) is 45.1 Å². The second kappa shape index (κ2) is 22.0. The Hall–Kier alpha value is -5.32. The van der Waals surface area contributed by atoms with Gasteiger partial charge in [0.2, 0.25) is 5.91 Å². The predicted octanol–water partition coefficient (Wildman–Crippen LogP) is 7.31. The van der Waals surface area contributed by atoms with Crippen LogP contribution in [0, 0.1) is 23.2 Å². The molecule has 3 saturated carbocycles. The average molecular weight is 1130 g/mol. The van der Waals surface area contributed by atoms with Crippen LogP contribution in [0.25, 0.3) is 33.4 Å². The van der Waals surface area contributed by atoms with Gasteiger partial charge in [-0.1, -0.05) is 26.8 Å². The van der Waals surface area contributed by atoms with Gasteiger partial charge in [0.15, 0.2) is 6.39 Å². The maximum Gasteiger partial charge on any atom is 0.325 e. The van der Waals surface area contributed by atoms with E-state index in [1.807, 2.05) is 13.1 Å². The number of aromatic nitrogens is 4. The number of piperazine rings is 1. The molecule has 1 aromatic carbocycles. The molecule has 8 bridgehead atoms. The highest BCUT2D eigenvalue weighted by atomic mass is 32.1. The number of benzene rings is 1. The van der Waals surface area contributed by atoms with Crippen molar-refractivity contribution in [3.8, 4) is 22.5 Å². The summed E-state index contributed by atoms with van der Waals surface area (Å²) >= 11 is 1.50. The van der Waals surface area contributed by atoms with Crippen molar-refractivity contribution >= 4 is 45.7 Å². The molecule has 2 N–H and O–H groups in total. The Morgan fingerprint density at radius 3 is 2.52 bits per heavy atom. The molecule has 0 radical (unpaired) electrons. The highest BCUT2D eigenvalue weighted by Gasteiger charge is 2.57. The van der Waals surface area contributed by atoms with Crippen molar-refractivity contribution < 1.29 is 42.5 Å². The van der Waals surface area contributed by atoms with Crippen molar-refractivity contribution in [2.24, 2.45) is 23.2 Å². The Kier molecular flexibility index (Phi) is 14.9. The maximum atomic E-state index is 15.6. The van der Waals surface area contributed by atoms with E-state index in [4.69, 9.17) is 38.1 Å². The van der Waals surface area contributed by atoms with Crippen LogP contribution in [0.4, 0.5) is 5.69 Å². The lowest BCUT2D eigenvalue weighted by Crippen LogP contribution is -2.72. The van der Waals surface area contributed by atoms with E-state index in [1.165, 1.54) is 30.6 Å². The summed E-state index contributed by atoms with van der Waals surface area (Å²) in [4.78, 5) is 67.6. The van der Waals surface area contributed by atoms with Crippen molar-refractivity contribution in [1.29, 1.82) is 0 Å². The Morgan fingerprint density at radius 1 is 0.975 bits per heavy atom. The second-order valence-corrected chi connectivity index (χ2v) is 26.6. The Bertz CT molecular complexity index is 3120. The topological polar surface area (TPSA) is 191 Å². The van der Waals surface area contributed by atoms with Crippen LogP contribution in [0.1, 0.15) is 120 Å². The van der Waals surface area contributed by atoms with Crippen LogP contribution in [0.2, 0.25) is 0 Å². The molecule has 2 amide bonds. The number of amides is 2. The van der Waals surface area contributed by atoms with E-state index >= 15 is 4.79 Å². The fourth-order valence-corrected chi connectivity index (χ4v) is 15.1. The van der Waals surface area contributed by atoms with Gasteiger partial charge >= 0.3 is 5.97 Å². The molecule has 20 heteroatoms. The van der Waals surface area contributed by atoms with Gasteiger partial charge in [0.05, 0.1) is 84.9 Å². The third-order valence-corrected chi connectivity index (χ3v) is 19.9. The largest absolute Gasteiger partial charge is 0.464 e. The Morgan fingerprint density at radius 2 is 1.78 bits per heavy atom. The van der Waals surface area contributed by atoms with Gasteiger partial charge in [-0.3, -0.25) is 34.2 Å². The lowest BCUT2D eigenvalue weighted by molar-refractivity contribution is -0.172. The first-order valence-electron chi connectivity index (χ1n) is 29.8. The van der Waals surface area contributed by atoms with Crippen LogP contribution < -0.4 is 15.6 Å². The number of anilines is 1. The number of cyclic esters (lactones) is 1. The summed E-state index contributed by atoms with van der Waals surface area (Å²) in [5.41, 5.74) is 11.1. The summed E-state index contributed by atoms with van der Waals surface area (Å²) in [7, 11) is 1.75. The summed E-state index contributed by atoms with van der Waals surface area (Å²) in [6.45, 7) is 20.4. The average Bonchev–Trinajstić information content (AvgIpc) is 4.38. The highest BCUT2D eigenvalue weighted by molar-refractivity contribution is 7.10. The fourth-order valence-electron chi connectivity index (χ4n) is 14.1. The number of thiazole rings is 1. The first kappa shape index (κ1) is 54.9. The number of carbonyl (C=O) groups excluding carboxylic acids is 3.